The number of rotatable bonds is 6. The number of aryl methyl sites for hydroxylation is 2. The molecular formula is C21H20N6O5S. The summed E-state index contributed by atoms with van der Waals surface area (Å²) in [7, 11) is -2.54. The maximum atomic E-state index is 11.6. The summed E-state index contributed by atoms with van der Waals surface area (Å²) in [5, 5.41) is 25.1. The van der Waals surface area contributed by atoms with Gasteiger partial charge in [-0.25, -0.2) is 18.5 Å². The van der Waals surface area contributed by atoms with Crippen molar-refractivity contribution >= 4 is 38.1 Å². The molecule has 0 amide bonds. The van der Waals surface area contributed by atoms with Crippen molar-refractivity contribution in [1.29, 1.82) is 0 Å². The summed E-state index contributed by atoms with van der Waals surface area (Å²) >= 11 is 0. The van der Waals surface area contributed by atoms with Gasteiger partial charge in [-0.3, -0.25) is 10.1 Å². The molecule has 0 atom stereocenters. The van der Waals surface area contributed by atoms with Crippen LogP contribution in [0.15, 0.2) is 53.4 Å². The van der Waals surface area contributed by atoms with Crippen molar-refractivity contribution in [3.63, 3.8) is 0 Å². The van der Waals surface area contributed by atoms with Crippen LogP contribution in [0.4, 0.5) is 17.2 Å². The van der Waals surface area contributed by atoms with Gasteiger partial charge in [0.2, 0.25) is 10.0 Å². The minimum absolute atomic E-state index is 0.0728. The van der Waals surface area contributed by atoms with Crippen molar-refractivity contribution in [2.24, 2.45) is 5.14 Å². The van der Waals surface area contributed by atoms with Gasteiger partial charge in [0.05, 0.1) is 22.6 Å². The fourth-order valence-electron chi connectivity index (χ4n) is 3.49. The number of nitro groups is 1. The number of fused-ring (bicyclic) bond motifs is 1. The number of nitrogens with two attached hydrogens (primary N) is 1. The lowest BCUT2D eigenvalue weighted by atomic mass is 10.1. The average Bonchev–Trinajstić information content (AvgIpc) is 3.12. The SMILES string of the molecule is COc1cccc2c(C)cc(-n3nc(C)cc3Nc3ccc(S(N)(=O)=O)cc3[N+](=O)[O-])nc12. The monoisotopic (exact) mass is 468 g/mol. The van der Waals surface area contributed by atoms with Crippen molar-refractivity contribution in [3.8, 4) is 11.6 Å². The number of primary sulfonamides is 1. The maximum Gasteiger partial charge on any atom is 0.294 e. The van der Waals surface area contributed by atoms with Crippen LogP contribution in [-0.2, 0) is 10.0 Å². The number of aromatic nitrogens is 3. The molecule has 0 fully saturated rings. The van der Waals surface area contributed by atoms with Gasteiger partial charge in [-0.1, -0.05) is 12.1 Å². The van der Waals surface area contributed by atoms with Gasteiger partial charge < -0.3 is 10.1 Å². The Morgan fingerprint density at radius 2 is 1.91 bits per heavy atom. The Hall–Kier alpha value is -4.03. The Balaban J connectivity index is 1.84. The zero-order chi connectivity index (χ0) is 23.9. The molecule has 33 heavy (non-hydrogen) atoms. The second-order valence-electron chi connectivity index (χ2n) is 7.34. The predicted octanol–water partition coefficient (Wildman–Crippen LogP) is 3.35. The normalized spacial score (nSPS) is 11.5. The second kappa shape index (κ2) is 8.15. The molecule has 2 heterocycles. The first-order chi connectivity index (χ1) is 15.6. The molecule has 12 heteroatoms. The average molecular weight is 468 g/mol. The fourth-order valence-corrected chi connectivity index (χ4v) is 4.03. The highest BCUT2D eigenvalue weighted by Gasteiger charge is 2.21. The summed E-state index contributed by atoms with van der Waals surface area (Å²) < 4.78 is 30.2. The van der Waals surface area contributed by atoms with Crippen LogP contribution in [0, 0.1) is 24.0 Å². The van der Waals surface area contributed by atoms with Crippen LogP contribution in [-0.4, -0.2) is 35.2 Å². The number of nitro benzene ring substituents is 1. The zero-order valence-electron chi connectivity index (χ0n) is 17.9. The number of methoxy groups -OCH3 is 1. The van der Waals surface area contributed by atoms with Crippen molar-refractivity contribution in [3.05, 3.63) is 69.9 Å². The summed E-state index contributed by atoms with van der Waals surface area (Å²) in [6.45, 7) is 3.71. The molecule has 0 radical (unpaired) electrons. The number of para-hydroxylation sites is 1. The number of nitrogens with one attached hydrogen (secondary N) is 1. The first-order valence-electron chi connectivity index (χ1n) is 9.68. The molecule has 0 bridgehead atoms. The lowest BCUT2D eigenvalue weighted by Gasteiger charge is -2.13. The van der Waals surface area contributed by atoms with Gasteiger partial charge >= 0.3 is 0 Å². The van der Waals surface area contributed by atoms with Crippen LogP contribution in [0.2, 0.25) is 0 Å². The minimum atomic E-state index is -4.10. The van der Waals surface area contributed by atoms with Gasteiger partial charge in [0.1, 0.15) is 22.8 Å². The van der Waals surface area contributed by atoms with Crippen molar-refractivity contribution in [2.45, 2.75) is 18.7 Å². The highest BCUT2D eigenvalue weighted by atomic mass is 32.2. The van der Waals surface area contributed by atoms with E-state index in [1.807, 2.05) is 31.2 Å². The highest BCUT2D eigenvalue weighted by molar-refractivity contribution is 7.89. The molecule has 3 N–H and O–H groups in total. The number of hydrogen-bond acceptors (Lipinski definition) is 8. The van der Waals surface area contributed by atoms with Crippen LogP contribution in [0.25, 0.3) is 16.7 Å². The summed E-state index contributed by atoms with van der Waals surface area (Å²) in [6.07, 6.45) is 0. The Bertz CT molecular complexity index is 1510. The largest absolute Gasteiger partial charge is 0.494 e. The van der Waals surface area contributed by atoms with Gasteiger partial charge in [-0.05, 0) is 43.7 Å². The fraction of sp³-hybridized carbons (Fsp3) is 0.143. The summed E-state index contributed by atoms with van der Waals surface area (Å²) in [6, 6.07) is 12.6. The topological polar surface area (TPSA) is 155 Å². The van der Waals surface area contributed by atoms with Crippen molar-refractivity contribution < 1.29 is 18.1 Å². The number of nitrogens with zero attached hydrogens (tertiary/aromatic N) is 4. The van der Waals surface area contributed by atoms with E-state index in [0.29, 0.717) is 28.6 Å². The Morgan fingerprint density at radius 3 is 2.58 bits per heavy atom. The van der Waals surface area contributed by atoms with Crippen LogP contribution >= 0.6 is 0 Å². The second-order valence-corrected chi connectivity index (χ2v) is 8.90. The van der Waals surface area contributed by atoms with E-state index in [1.165, 1.54) is 16.8 Å². The van der Waals surface area contributed by atoms with E-state index >= 15 is 0 Å². The highest BCUT2D eigenvalue weighted by Crippen LogP contribution is 2.32. The number of benzene rings is 2. The van der Waals surface area contributed by atoms with E-state index < -0.39 is 20.6 Å². The van der Waals surface area contributed by atoms with Gasteiger partial charge in [0, 0.05) is 17.5 Å². The Morgan fingerprint density at radius 1 is 1.15 bits per heavy atom. The Labute approximate surface area is 189 Å². The summed E-state index contributed by atoms with van der Waals surface area (Å²) in [5.74, 6) is 1.48. The van der Waals surface area contributed by atoms with Crippen LogP contribution in [0.1, 0.15) is 11.3 Å². The van der Waals surface area contributed by atoms with E-state index in [1.54, 1.807) is 20.1 Å². The van der Waals surface area contributed by atoms with Crippen LogP contribution in [0.3, 0.4) is 0 Å². The first kappa shape index (κ1) is 22.2. The predicted molar refractivity (Wildman–Crippen MR) is 123 cm³/mol. The lowest BCUT2D eigenvalue weighted by molar-refractivity contribution is -0.384. The molecular weight excluding hydrogens is 448 g/mol. The van der Waals surface area contributed by atoms with Gasteiger partial charge in [0.15, 0.2) is 5.82 Å². The number of anilines is 2. The number of ether oxygens (including phenoxy) is 1. The van der Waals surface area contributed by atoms with Gasteiger partial charge in [-0.2, -0.15) is 9.78 Å². The molecule has 2 aromatic carbocycles. The van der Waals surface area contributed by atoms with E-state index in [4.69, 9.17) is 14.9 Å². The minimum Gasteiger partial charge on any atom is -0.494 e. The molecule has 4 aromatic rings. The summed E-state index contributed by atoms with van der Waals surface area (Å²) in [5.41, 5.74) is 1.86. The van der Waals surface area contributed by atoms with E-state index in [2.05, 4.69) is 10.4 Å². The molecule has 170 valence electrons. The molecule has 0 unspecified atom stereocenters. The number of hydrogen-bond donors (Lipinski definition) is 2. The molecule has 0 aliphatic heterocycles. The third-order valence-electron chi connectivity index (χ3n) is 5.02. The van der Waals surface area contributed by atoms with Crippen molar-refractivity contribution in [2.75, 3.05) is 12.4 Å². The van der Waals surface area contributed by atoms with Gasteiger partial charge in [0.25, 0.3) is 5.69 Å². The number of pyridine rings is 1. The molecule has 11 nitrogen and oxygen atoms in total. The zero-order valence-corrected chi connectivity index (χ0v) is 18.8. The quantitative estimate of drug-likeness (QED) is 0.322. The van der Waals surface area contributed by atoms with Crippen LogP contribution < -0.4 is 15.2 Å². The maximum absolute atomic E-state index is 11.6. The molecule has 4 rings (SSSR count). The van der Waals surface area contributed by atoms with E-state index in [9.17, 15) is 18.5 Å². The third kappa shape index (κ3) is 4.21. The van der Waals surface area contributed by atoms with Crippen LogP contribution in [0.5, 0.6) is 5.75 Å². The summed E-state index contributed by atoms with van der Waals surface area (Å²) in [4.78, 5) is 15.3. The molecule has 0 aliphatic rings. The van der Waals surface area contributed by atoms with E-state index in [0.717, 1.165) is 17.0 Å². The third-order valence-corrected chi connectivity index (χ3v) is 5.93. The van der Waals surface area contributed by atoms with Crippen molar-refractivity contribution in [1.82, 2.24) is 14.8 Å². The van der Waals surface area contributed by atoms with Gasteiger partial charge in [-0.15, -0.1) is 0 Å². The smallest absolute Gasteiger partial charge is 0.294 e. The van der Waals surface area contributed by atoms with E-state index in [-0.39, 0.29) is 10.6 Å². The Kier molecular flexibility index (Phi) is 5.47. The lowest BCUT2D eigenvalue weighted by Crippen LogP contribution is -2.13. The molecule has 0 saturated heterocycles. The first-order valence-corrected chi connectivity index (χ1v) is 11.2. The molecule has 0 spiro atoms. The molecule has 0 aliphatic carbocycles. The standard InChI is InChI=1S/C21H20N6O5S/c1-12-9-19(24-21-15(12)5-4-6-18(21)32-3)26-20(10-13(2)25-26)23-16-8-7-14(33(22,30)31)11-17(16)27(28)29/h4-11,23H,1-3H3,(H2,22,30,31). The molecule has 0 saturated carbocycles. The number of sulfonamides is 1. The molecule has 2 aromatic heterocycles.